The number of hydrogen-bond acceptors (Lipinski definition) is 4. The molecule has 0 unspecified atom stereocenters. The summed E-state index contributed by atoms with van der Waals surface area (Å²) in [4.78, 5) is 31.6. The second-order valence-corrected chi connectivity index (χ2v) is 8.74. The topological polar surface area (TPSA) is 88.3 Å². The van der Waals surface area contributed by atoms with Crippen molar-refractivity contribution in [3.05, 3.63) is 51.6 Å². The van der Waals surface area contributed by atoms with E-state index in [1.54, 1.807) is 36.1 Å². The zero-order valence-electron chi connectivity index (χ0n) is 16.6. The van der Waals surface area contributed by atoms with E-state index in [4.69, 9.17) is 28.9 Å². The molecule has 1 aliphatic heterocycles. The Morgan fingerprint density at radius 2 is 1.90 bits per heavy atom. The predicted octanol–water partition coefficient (Wildman–Crippen LogP) is 4.39. The zero-order valence-corrected chi connectivity index (χ0v) is 18.1. The number of nitrogens with zero attached hydrogens (tertiary/aromatic N) is 2. The normalized spacial score (nSPS) is 21.7. The number of aryl methyl sites for hydroxylation is 1. The van der Waals surface area contributed by atoms with Gasteiger partial charge in [-0.25, -0.2) is 4.98 Å². The highest BCUT2D eigenvalue weighted by molar-refractivity contribution is 6.39. The maximum Gasteiger partial charge on any atom is 0.313 e. The van der Waals surface area contributed by atoms with Gasteiger partial charge in [0.1, 0.15) is 5.82 Å². The van der Waals surface area contributed by atoms with Crippen molar-refractivity contribution in [3.8, 4) is 0 Å². The number of anilines is 2. The number of rotatable bonds is 2. The Labute approximate surface area is 180 Å². The number of aromatic nitrogens is 1. The molecule has 29 heavy (non-hydrogen) atoms. The fourth-order valence-electron chi connectivity index (χ4n) is 3.70. The number of pyridine rings is 1. The molecular formula is C21H24Cl2N4O2. The van der Waals surface area contributed by atoms with Crippen molar-refractivity contribution >= 4 is 46.5 Å². The molecular weight excluding hydrogens is 411 g/mol. The van der Waals surface area contributed by atoms with Crippen LogP contribution in [0, 0.1) is 12.8 Å². The zero-order chi connectivity index (χ0) is 21.3. The molecule has 0 radical (unpaired) electrons. The summed E-state index contributed by atoms with van der Waals surface area (Å²) in [6.07, 6.45) is 3.06. The summed E-state index contributed by atoms with van der Waals surface area (Å²) < 4.78 is 0. The summed E-state index contributed by atoms with van der Waals surface area (Å²) in [6, 6.07) is 6.93. The molecule has 2 aromatic rings. The third-order valence-electron chi connectivity index (χ3n) is 5.51. The highest BCUT2D eigenvalue weighted by atomic mass is 35.5. The summed E-state index contributed by atoms with van der Waals surface area (Å²) in [5, 5.41) is 3.62. The molecule has 1 aliphatic rings. The molecule has 2 atom stereocenters. The van der Waals surface area contributed by atoms with Crippen molar-refractivity contribution in [2.75, 3.05) is 17.6 Å². The average molecular weight is 435 g/mol. The smallest absolute Gasteiger partial charge is 0.313 e. The quantitative estimate of drug-likeness (QED) is 0.685. The van der Waals surface area contributed by atoms with Crippen LogP contribution in [0.1, 0.15) is 37.8 Å². The van der Waals surface area contributed by atoms with Gasteiger partial charge in [0.05, 0.1) is 17.4 Å². The fourth-order valence-corrected chi connectivity index (χ4v) is 4.23. The van der Waals surface area contributed by atoms with E-state index in [1.807, 2.05) is 6.92 Å². The predicted molar refractivity (Wildman–Crippen MR) is 116 cm³/mol. The maximum atomic E-state index is 13.2. The van der Waals surface area contributed by atoms with E-state index in [9.17, 15) is 9.59 Å². The lowest BCUT2D eigenvalue weighted by Gasteiger charge is -2.47. The van der Waals surface area contributed by atoms with Crippen molar-refractivity contribution in [2.24, 2.45) is 5.92 Å². The molecule has 2 amide bonds. The van der Waals surface area contributed by atoms with E-state index in [0.29, 0.717) is 34.5 Å². The van der Waals surface area contributed by atoms with Crippen LogP contribution in [0.5, 0.6) is 0 Å². The van der Waals surface area contributed by atoms with Crippen LogP contribution in [0.15, 0.2) is 30.5 Å². The molecule has 3 N–H and O–H groups in total. The number of carbonyl (C=O) groups is 2. The Morgan fingerprint density at radius 3 is 2.52 bits per heavy atom. The molecule has 3 rings (SSSR count). The van der Waals surface area contributed by atoms with Crippen LogP contribution < -0.4 is 11.1 Å². The Kier molecular flexibility index (Phi) is 6.05. The van der Waals surface area contributed by atoms with Gasteiger partial charge in [-0.15, -0.1) is 0 Å². The van der Waals surface area contributed by atoms with Crippen molar-refractivity contribution in [1.29, 1.82) is 0 Å². The van der Waals surface area contributed by atoms with Gasteiger partial charge in [0.2, 0.25) is 0 Å². The lowest BCUT2D eigenvalue weighted by Crippen LogP contribution is -2.55. The van der Waals surface area contributed by atoms with E-state index in [0.717, 1.165) is 17.5 Å². The first-order valence-electron chi connectivity index (χ1n) is 9.42. The van der Waals surface area contributed by atoms with Crippen LogP contribution in [-0.2, 0) is 15.1 Å². The molecule has 1 aromatic carbocycles. The van der Waals surface area contributed by atoms with Crippen LogP contribution in [0.25, 0.3) is 0 Å². The SMILES string of the molecule is Cc1cc(NC(=O)C(=O)N2C[C@@H](C)CC[C@@]2(C)c2cc(Cl)cc(Cl)c2)cnc1N. The first-order chi connectivity index (χ1) is 13.6. The number of amides is 2. The number of nitrogen functional groups attached to an aromatic ring is 1. The molecule has 0 aliphatic carbocycles. The highest BCUT2D eigenvalue weighted by Gasteiger charge is 2.43. The monoisotopic (exact) mass is 434 g/mol. The van der Waals surface area contributed by atoms with Gasteiger partial charge in [-0.1, -0.05) is 30.1 Å². The molecule has 1 aromatic heterocycles. The van der Waals surface area contributed by atoms with Crippen LogP contribution in [0.2, 0.25) is 10.0 Å². The number of benzene rings is 1. The van der Waals surface area contributed by atoms with Gasteiger partial charge in [0, 0.05) is 16.6 Å². The number of nitrogens with two attached hydrogens (primary N) is 1. The molecule has 8 heteroatoms. The first kappa shape index (κ1) is 21.4. The van der Waals surface area contributed by atoms with Crippen molar-refractivity contribution in [2.45, 2.75) is 39.2 Å². The first-order valence-corrected chi connectivity index (χ1v) is 10.2. The molecule has 1 saturated heterocycles. The second-order valence-electron chi connectivity index (χ2n) is 7.87. The van der Waals surface area contributed by atoms with Gasteiger partial charge in [-0.2, -0.15) is 0 Å². The summed E-state index contributed by atoms with van der Waals surface area (Å²) in [5.41, 5.74) is 6.98. The summed E-state index contributed by atoms with van der Waals surface area (Å²) in [5.74, 6) is -0.673. The molecule has 0 spiro atoms. The Morgan fingerprint density at radius 1 is 1.24 bits per heavy atom. The summed E-state index contributed by atoms with van der Waals surface area (Å²) >= 11 is 12.4. The number of halogens is 2. The number of nitrogens with one attached hydrogen (secondary N) is 1. The van der Waals surface area contributed by atoms with Gasteiger partial charge >= 0.3 is 11.8 Å². The van der Waals surface area contributed by atoms with Crippen LogP contribution >= 0.6 is 23.2 Å². The number of carbonyl (C=O) groups excluding carboxylic acids is 2. The Balaban J connectivity index is 1.90. The van der Waals surface area contributed by atoms with Gasteiger partial charge in [0.25, 0.3) is 0 Å². The highest BCUT2D eigenvalue weighted by Crippen LogP contribution is 2.41. The third kappa shape index (κ3) is 4.49. The molecule has 0 bridgehead atoms. The summed E-state index contributed by atoms with van der Waals surface area (Å²) in [6.45, 7) is 6.26. The second kappa shape index (κ2) is 8.20. The Bertz CT molecular complexity index is 945. The van der Waals surface area contributed by atoms with Gasteiger partial charge < -0.3 is 16.0 Å². The lowest BCUT2D eigenvalue weighted by atomic mass is 9.79. The fraction of sp³-hybridized carbons (Fsp3) is 0.381. The minimum absolute atomic E-state index is 0.273. The molecule has 154 valence electrons. The van der Waals surface area contributed by atoms with E-state index in [1.165, 1.54) is 6.20 Å². The maximum absolute atomic E-state index is 13.2. The van der Waals surface area contributed by atoms with E-state index in [2.05, 4.69) is 17.2 Å². The molecule has 1 fully saturated rings. The van der Waals surface area contributed by atoms with Crippen LogP contribution in [0.3, 0.4) is 0 Å². The molecule has 6 nitrogen and oxygen atoms in total. The largest absolute Gasteiger partial charge is 0.383 e. The van der Waals surface area contributed by atoms with E-state index < -0.39 is 17.4 Å². The standard InChI is InChI=1S/C21H24Cl2N4O2/c1-12-4-5-21(3,14-7-15(22)9-16(23)8-14)27(11-12)20(29)19(28)26-17-6-13(2)18(24)25-10-17/h6-10,12H,4-5,11H2,1-3H3,(H2,24,25)(H,26,28)/t12-,21-/m0/s1. The average Bonchev–Trinajstić information content (AvgIpc) is 2.65. The molecule has 0 saturated carbocycles. The minimum Gasteiger partial charge on any atom is -0.383 e. The summed E-state index contributed by atoms with van der Waals surface area (Å²) in [7, 11) is 0. The van der Waals surface area contributed by atoms with Crippen molar-refractivity contribution < 1.29 is 9.59 Å². The van der Waals surface area contributed by atoms with Crippen LogP contribution in [-0.4, -0.2) is 28.2 Å². The van der Waals surface area contributed by atoms with Gasteiger partial charge in [-0.05, 0) is 68.0 Å². The number of likely N-dealkylation sites (tertiary alicyclic amines) is 1. The van der Waals surface area contributed by atoms with Crippen LogP contribution in [0.4, 0.5) is 11.5 Å². The van der Waals surface area contributed by atoms with E-state index >= 15 is 0 Å². The molecule has 2 heterocycles. The minimum atomic E-state index is -0.718. The van der Waals surface area contributed by atoms with Crippen molar-refractivity contribution in [1.82, 2.24) is 9.88 Å². The van der Waals surface area contributed by atoms with Gasteiger partial charge in [-0.3, -0.25) is 9.59 Å². The number of hydrogen-bond donors (Lipinski definition) is 2. The van der Waals surface area contributed by atoms with Crippen molar-refractivity contribution in [3.63, 3.8) is 0 Å². The third-order valence-corrected chi connectivity index (χ3v) is 5.95. The Hall–Kier alpha value is -2.31. The van der Waals surface area contributed by atoms with E-state index in [-0.39, 0.29) is 5.92 Å². The number of piperidine rings is 1. The van der Waals surface area contributed by atoms with Gasteiger partial charge in [0.15, 0.2) is 0 Å². The lowest BCUT2D eigenvalue weighted by molar-refractivity contribution is -0.150.